The number of hydrogen-bond acceptors (Lipinski definition) is 3. The lowest BCUT2D eigenvalue weighted by Crippen LogP contribution is -2.41. The van der Waals surface area contributed by atoms with Crippen LogP contribution in [0.5, 0.6) is 0 Å². The van der Waals surface area contributed by atoms with E-state index < -0.39 is 29.9 Å². The number of ether oxygens (including phenoxy) is 1. The van der Waals surface area contributed by atoms with Crippen LogP contribution in [-0.4, -0.2) is 29.9 Å². The molecule has 1 aliphatic carbocycles. The van der Waals surface area contributed by atoms with Crippen molar-refractivity contribution in [1.82, 2.24) is 5.32 Å². The molecular weight excluding hydrogens is 227 g/mol. The third-order valence-corrected chi connectivity index (χ3v) is 2.38. The van der Waals surface area contributed by atoms with Gasteiger partial charge in [0, 0.05) is 11.0 Å². The van der Waals surface area contributed by atoms with Gasteiger partial charge in [-0.15, -0.1) is 0 Å². The Morgan fingerprint density at radius 1 is 1.53 bits per heavy atom. The van der Waals surface area contributed by atoms with E-state index >= 15 is 0 Å². The summed E-state index contributed by atoms with van der Waals surface area (Å²) in [7, 11) is 0. The summed E-state index contributed by atoms with van der Waals surface area (Å²) in [6.07, 6.45) is -1.39. The van der Waals surface area contributed by atoms with E-state index in [-0.39, 0.29) is 6.42 Å². The molecule has 1 aliphatic rings. The number of nitrogens with one attached hydrogen (secondary N) is 1. The number of amides is 1. The first-order valence-corrected chi connectivity index (χ1v) is 5.49. The van der Waals surface area contributed by atoms with Crippen LogP contribution in [0, 0.1) is 0 Å². The summed E-state index contributed by atoms with van der Waals surface area (Å²) >= 11 is 0. The maximum atomic E-state index is 13.5. The summed E-state index contributed by atoms with van der Waals surface area (Å²) in [6.45, 7) is 5.20. The molecule has 1 saturated carbocycles. The Balaban J connectivity index is 2.47. The minimum absolute atomic E-state index is 0.143. The lowest BCUT2D eigenvalue weighted by Gasteiger charge is -2.22. The zero-order valence-electron chi connectivity index (χ0n) is 10.2. The fraction of sp³-hybridized carbons (Fsp3) is 0.900. The van der Waals surface area contributed by atoms with E-state index in [4.69, 9.17) is 10.3 Å². The van der Waals surface area contributed by atoms with Crippen molar-refractivity contribution in [2.45, 2.75) is 57.5 Å². The first-order chi connectivity index (χ1) is 7.81. The Kier molecular flexibility index (Phi) is 4.17. The molecule has 96 valence electrons. The maximum Gasteiger partial charge on any atom is 0.407 e. The van der Waals surface area contributed by atoms with Crippen LogP contribution in [0.1, 0.15) is 33.6 Å². The lowest BCUT2D eigenvalue weighted by molar-refractivity contribution is 0.0484. The molecule has 6 nitrogen and oxygen atoms in total. The molecule has 1 fully saturated rings. The van der Waals surface area contributed by atoms with Crippen molar-refractivity contribution in [3.63, 3.8) is 0 Å². The average molecular weight is 244 g/mol. The fourth-order valence-electron chi connectivity index (χ4n) is 1.74. The fourth-order valence-corrected chi connectivity index (χ4v) is 1.74. The van der Waals surface area contributed by atoms with Crippen molar-refractivity contribution in [2.75, 3.05) is 0 Å². The van der Waals surface area contributed by atoms with E-state index in [1.807, 2.05) is 0 Å². The molecular formula is C10H17FN4O2. The highest BCUT2D eigenvalue weighted by Gasteiger charge is 2.35. The average Bonchev–Trinajstić information content (AvgIpc) is 2.44. The van der Waals surface area contributed by atoms with Gasteiger partial charge in [0.05, 0.1) is 6.04 Å². The SMILES string of the molecule is CC(C)(C)OC(=O)N[C@@H]1C[C@@H](N=[N+]=[N-])C[C@H]1F. The first kappa shape index (κ1) is 13.6. The lowest BCUT2D eigenvalue weighted by atomic mass is 10.2. The van der Waals surface area contributed by atoms with Crippen LogP contribution in [0.2, 0.25) is 0 Å². The Labute approximate surface area is 99.1 Å². The van der Waals surface area contributed by atoms with Crippen LogP contribution in [0.3, 0.4) is 0 Å². The van der Waals surface area contributed by atoms with Crippen LogP contribution in [0.25, 0.3) is 10.4 Å². The number of rotatable bonds is 2. The second-order valence-electron chi connectivity index (χ2n) is 5.10. The second-order valence-corrected chi connectivity index (χ2v) is 5.10. The van der Waals surface area contributed by atoms with Gasteiger partial charge in [0.15, 0.2) is 0 Å². The van der Waals surface area contributed by atoms with Crippen LogP contribution in [-0.2, 0) is 4.74 Å². The van der Waals surface area contributed by atoms with Gasteiger partial charge >= 0.3 is 6.09 Å². The largest absolute Gasteiger partial charge is 0.444 e. The number of azide groups is 1. The quantitative estimate of drug-likeness (QED) is 0.460. The predicted octanol–water partition coefficient (Wildman–Crippen LogP) is 2.69. The molecule has 1 rings (SSSR count). The summed E-state index contributed by atoms with van der Waals surface area (Å²) in [5.41, 5.74) is 7.65. The number of halogens is 1. The van der Waals surface area contributed by atoms with Crippen LogP contribution >= 0.6 is 0 Å². The van der Waals surface area contributed by atoms with Crippen LogP contribution in [0.15, 0.2) is 5.11 Å². The molecule has 0 radical (unpaired) electrons. The number of alkyl halides is 1. The van der Waals surface area contributed by atoms with Crippen molar-refractivity contribution in [3.8, 4) is 0 Å². The topological polar surface area (TPSA) is 87.1 Å². The Hall–Kier alpha value is -1.49. The van der Waals surface area contributed by atoms with Gasteiger partial charge in [-0.3, -0.25) is 0 Å². The molecule has 0 aromatic carbocycles. The van der Waals surface area contributed by atoms with Crippen LogP contribution < -0.4 is 5.32 Å². The smallest absolute Gasteiger partial charge is 0.407 e. The molecule has 0 aromatic rings. The normalized spacial score (nSPS) is 28.4. The number of nitrogens with zero attached hydrogens (tertiary/aromatic N) is 3. The van der Waals surface area contributed by atoms with Crippen molar-refractivity contribution < 1.29 is 13.9 Å². The molecule has 0 saturated heterocycles. The highest BCUT2D eigenvalue weighted by Crippen LogP contribution is 2.25. The molecule has 0 spiro atoms. The van der Waals surface area contributed by atoms with E-state index in [1.165, 1.54) is 0 Å². The van der Waals surface area contributed by atoms with Crippen molar-refractivity contribution in [2.24, 2.45) is 5.11 Å². The Morgan fingerprint density at radius 3 is 2.71 bits per heavy atom. The third kappa shape index (κ3) is 4.48. The zero-order valence-corrected chi connectivity index (χ0v) is 10.2. The van der Waals surface area contributed by atoms with Crippen molar-refractivity contribution in [3.05, 3.63) is 10.4 Å². The van der Waals surface area contributed by atoms with Gasteiger partial charge in [-0.25, -0.2) is 9.18 Å². The van der Waals surface area contributed by atoms with E-state index in [2.05, 4.69) is 15.3 Å². The van der Waals surface area contributed by atoms with Gasteiger partial charge < -0.3 is 10.1 Å². The highest BCUT2D eigenvalue weighted by molar-refractivity contribution is 5.68. The molecule has 0 unspecified atom stereocenters. The van der Waals surface area contributed by atoms with E-state index in [9.17, 15) is 9.18 Å². The molecule has 0 heterocycles. The van der Waals surface area contributed by atoms with Crippen molar-refractivity contribution in [1.29, 1.82) is 0 Å². The summed E-state index contributed by atoms with van der Waals surface area (Å²) in [6, 6.07) is -1.03. The standard InChI is InChI=1S/C10H17FN4O2/c1-10(2,3)17-9(16)13-8-5-6(14-15-12)4-7(8)11/h6-8H,4-5H2,1-3H3,(H,13,16)/t6-,7+,8+/m0/s1. The van der Waals surface area contributed by atoms with Crippen molar-refractivity contribution >= 4 is 6.09 Å². The Morgan fingerprint density at radius 2 is 2.18 bits per heavy atom. The summed E-state index contributed by atoms with van der Waals surface area (Å²) in [5, 5.41) is 5.91. The zero-order chi connectivity index (χ0) is 13.1. The van der Waals surface area contributed by atoms with Crippen LogP contribution in [0.4, 0.5) is 9.18 Å². The van der Waals surface area contributed by atoms with Gasteiger partial charge in [0.25, 0.3) is 0 Å². The van der Waals surface area contributed by atoms with Gasteiger partial charge in [-0.05, 0) is 39.1 Å². The first-order valence-electron chi connectivity index (χ1n) is 5.49. The minimum atomic E-state index is -1.20. The summed E-state index contributed by atoms with van der Waals surface area (Å²) < 4.78 is 18.5. The van der Waals surface area contributed by atoms with E-state index in [1.54, 1.807) is 20.8 Å². The van der Waals surface area contributed by atoms with E-state index in [0.717, 1.165) is 0 Å². The number of hydrogen-bond donors (Lipinski definition) is 1. The third-order valence-electron chi connectivity index (χ3n) is 2.38. The molecule has 0 aliphatic heterocycles. The number of carbonyl (C=O) groups is 1. The molecule has 3 atom stereocenters. The predicted molar refractivity (Wildman–Crippen MR) is 60.2 cm³/mol. The number of carbonyl (C=O) groups excluding carboxylic acids is 1. The van der Waals surface area contributed by atoms with Gasteiger partial charge in [-0.2, -0.15) is 0 Å². The van der Waals surface area contributed by atoms with Gasteiger partial charge in [0.2, 0.25) is 0 Å². The maximum absolute atomic E-state index is 13.5. The highest BCUT2D eigenvalue weighted by atomic mass is 19.1. The number of alkyl carbamates (subject to hydrolysis) is 1. The van der Waals surface area contributed by atoms with E-state index in [0.29, 0.717) is 6.42 Å². The molecule has 0 bridgehead atoms. The molecule has 1 N–H and O–H groups in total. The van der Waals surface area contributed by atoms with Gasteiger partial charge in [0.1, 0.15) is 11.8 Å². The molecule has 1 amide bonds. The molecule has 17 heavy (non-hydrogen) atoms. The monoisotopic (exact) mass is 244 g/mol. The molecule has 7 heteroatoms. The summed E-state index contributed by atoms with van der Waals surface area (Å²) in [5.74, 6) is 0. The molecule has 0 aromatic heterocycles. The minimum Gasteiger partial charge on any atom is -0.444 e. The second kappa shape index (κ2) is 5.23. The van der Waals surface area contributed by atoms with Gasteiger partial charge in [-0.1, -0.05) is 5.11 Å². The summed E-state index contributed by atoms with van der Waals surface area (Å²) in [4.78, 5) is 14.1. The Bertz CT molecular complexity index is 336.